The van der Waals surface area contributed by atoms with Crippen LogP contribution in [-0.4, -0.2) is 48.9 Å². The highest BCUT2D eigenvalue weighted by Gasteiger charge is 2.29. The van der Waals surface area contributed by atoms with E-state index in [1.807, 2.05) is 19.0 Å². The molecule has 0 bridgehead atoms. The zero-order valence-electron chi connectivity index (χ0n) is 14.2. The van der Waals surface area contributed by atoms with Crippen molar-refractivity contribution in [3.8, 4) is 0 Å². The van der Waals surface area contributed by atoms with Crippen LogP contribution in [0.2, 0.25) is 0 Å². The van der Waals surface area contributed by atoms with Crippen LogP contribution in [0.5, 0.6) is 0 Å². The Hall–Kier alpha value is -1.46. The molecule has 1 fully saturated rings. The molecule has 0 aliphatic heterocycles. The molecule has 1 aliphatic rings. The molecule has 2 rings (SSSR count). The van der Waals surface area contributed by atoms with Crippen molar-refractivity contribution >= 4 is 5.91 Å². The molecule has 4 nitrogen and oxygen atoms in total. The number of carbonyl (C=O) groups is 1. The summed E-state index contributed by atoms with van der Waals surface area (Å²) >= 11 is 0. The summed E-state index contributed by atoms with van der Waals surface area (Å²) in [5.74, 6) is -0.0362. The van der Waals surface area contributed by atoms with Crippen LogP contribution in [0.1, 0.15) is 31.2 Å². The molecular formula is C18H28FN3O. The molecule has 128 valence electrons. The van der Waals surface area contributed by atoms with E-state index in [2.05, 4.69) is 4.90 Å². The third kappa shape index (κ3) is 5.59. The first kappa shape index (κ1) is 17.9. The van der Waals surface area contributed by atoms with Gasteiger partial charge < -0.3 is 15.5 Å². The van der Waals surface area contributed by atoms with Crippen LogP contribution in [-0.2, 0) is 11.3 Å². The molecule has 0 heterocycles. The Labute approximate surface area is 138 Å². The van der Waals surface area contributed by atoms with E-state index in [1.54, 1.807) is 12.1 Å². The molecule has 1 aromatic carbocycles. The van der Waals surface area contributed by atoms with E-state index < -0.39 is 0 Å². The minimum atomic E-state index is -0.252. The smallest absolute Gasteiger partial charge is 0.226 e. The molecule has 1 saturated carbocycles. The molecule has 1 amide bonds. The SMILES string of the molecule is CN(C)CCN(Cc1ccc(F)cc1)C(=O)[C@@H]1CCC[C@@H](N)C1. The number of hydrogen-bond donors (Lipinski definition) is 1. The van der Waals surface area contributed by atoms with E-state index in [1.165, 1.54) is 12.1 Å². The van der Waals surface area contributed by atoms with Gasteiger partial charge in [-0.25, -0.2) is 4.39 Å². The summed E-state index contributed by atoms with van der Waals surface area (Å²) in [7, 11) is 3.99. The molecule has 0 spiro atoms. The first-order valence-corrected chi connectivity index (χ1v) is 8.39. The second-order valence-electron chi connectivity index (χ2n) is 6.81. The number of rotatable bonds is 6. The summed E-state index contributed by atoms with van der Waals surface area (Å²) in [5.41, 5.74) is 6.99. The number of carbonyl (C=O) groups excluding carboxylic acids is 1. The molecule has 0 radical (unpaired) electrons. The molecule has 0 aromatic heterocycles. The third-order valence-electron chi connectivity index (χ3n) is 4.48. The molecule has 5 heteroatoms. The van der Waals surface area contributed by atoms with Crippen LogP contribution < -0.4 is 5.73 Å². The Morgan fingerprint density at radius 1 is 1.22 bits per heavy atom. The van der Waals surface area contributed by atoms with Crippen molar-refractivity contribution in [1.82, 2.24) is 9.80 Å². The van der Waals surface area contributed by atoms with Gasteiger partial charge in [-0.2, -0.15) is 0 Å². The highest BCUT2D eigenvalue weighted by Crippen LogP contribution is 2.25. The quantitative estimate of drug-likeness (QED) is 0.874. The van der Waals surface area contributed by atoms with Crippen LogP contribution in [0.15, 0.2) is 24.3 Å². The van der Waals surface area contributed by atoms with Gasteiger partial charge in [0.05, 0.1) is 0 Å². The molecule has 1 aromatic rings. The number of nitrogens with zero attached hydrogens (tertiary/aromatic N) is 2. The summed E-state index contributed by atoms with van der Waals surface area (Å²) < 4.78 is 13.1. The molecule has 1 aliphatic carbocycles. The molecule has 0 unspecified atom stereocenters. The van der Waals surface area contributed by atoms with Crippen molar-refractivity contribution in [3.63, 3.8) is 0 Å². The van der Waals surface area contributed by atoms with Gasteiger partial charge in [0.15, 0.2) is 0 Å². The lowest BCUT2D eigenvalue weighted by Crippen LogP contribution is -2.42. The van der Waals surface area contributed by atoms with Gasteiger partial charge >= 0.3 is 0 Å². The van der Waals surface area contributed by atoms with E-state index >= 15 is 0 Å². The zero-order chi connectivity index (χ0) is 16.8. The fourth-order valence-electron chi connectivity index (χ4n) is 3.11. The normalized spacial score (nSPS) is 21.4. The van der Waals surface area contributed by atoms with Gasteiger partial charge in [0.25, 0.3) is 0 Å². The molecular weight excluding hydrogens is 293 g/mol. The number of halogens is 1. The summed E-state index contributed by atoms with van der Waals surface area (Å²) in [6, 6.07) is 6.52. The second-order valence-corrected chi connectivity index (χ2v) is 6.81. The van der Waals surface area contributed by atoms with Crippen LogP contribution in [0.3, 0.4) is 0 Å². The summed E-state index contributed by atoms with van der Waals surface area (Å²) in [4.78, 5) is 16.9. The lowest BCUT2D eigenvalue weighted by atomic mass is 9.85. The monoisotopic (exact) mass is 321 g/mol. The van der Waals surface area contributed by atoms with Crippen molar-refractivity contribution in [2.24, 2.45) is 11.7 Å². The predicted molar refractivity (Wildman–Crippen MR) is 90.3 cm³/mol. The van der Waals surface area contributed by atoms with Crippen LogP contribution in [0, 0.1) is 11.7 Å². The van der Waals surface area contributed by atoms with Gasteiger partial charge in [0, 0.05) is 31.6 Å². The molecule has 2 N–H and O–H groups in total. The number of hydrogen-bond acceptors (Lipinski definition) is 3. The van der Waals surface area contributed by atoms with Crippen LogP contribution in [0.4, 0.5) is 4.39 Å². The van der Waals surface area contributed by atoms with Crippen molar-refractivity contribution in [1.29, 1.82) is 0 Å². The fourth-order valence-corrected chi connectivity index (χ4v) is 3.11. The lowest BCUT2D eigenvalue weighted by Gasteiger charge is -2.32. The van der Waals surface area contributed by atoms with Gasteiger partial charge in [-0.05, 0) is 51.1 Å². The minimum Gasteiger partial charge on any atom is -0.337 e. The van der Waals surface area contributed by atoms with Gasteiger partial charge in [-0.1, -0.05) is 18.6 Å². The Morgan fingerprint density at radius 3 is 2.52 bits per heavy atom. The van der Waals surface area contributed by atoms with Crippen LogP contribution >= 0.6 is 0 Å². The number of nitrogens with two attached hydrogens (primary N) is 1. The summed E-state index contributed by atoms with van der Waals surface area (Å²) in [5, 5.41) is 0. The largest absolute Gasteiger partial charge is 0.337 e. The van der Waals surface area contributed by atoms with Crippen molar-refractivity contribution in [2.75, 3.05) is 27.2 Å². The van der Waals surface area contributed by atoms with Crippen LogP contribution in [0.25, 0.3) is 0 Å². The van der Waals surface area contributed by atoms with Gasteiger partial charge in [0.1, 0.15) is 5.82 Å². The molecule has 2 atom stereocenters. The predicted octanol–water partition coefficient (Wildman–Crippen LogP) is 2.23. The van der Waals surface area contributed by atoms with E-state index in [0.29, 0.717) is 13.1 Å². The number of amides is 1. The Kier molecular flexibility index (Phi) is 6.54. The summed E-state index contributed by atoms with van der Waals surface area (Å²) in [6.45, 7) is 2.01. The highest BCUT2D eigenvalue weighted by atomic mass is 19.1. The van der Waals surface area contributed by atoms with E-state index in [0.717, 1.165) is 37.8 Å². The average Bonchev–Trinajstić information content (AvgIpc) is 2.52. The molecule has 0 saturated heterocycles. The van der Waals surface area contributed by atoms with Gasteiger partial charge in [0.2, 0.25) is 5.91 Å². The van der Waals surface area contributed by atoms with E-state index in [9.17, 15) is 9.18 Å². The van der Waals surface area contributed by atoms with Crippen molar-refractivity contribution in [2.45, 2.75) is 38.3 Å². The topological polar surface area (TPSA) is 49.6 Å². The van der Waals surface area contributed by atoms with E-state index in [-0.39, 0.29) is 23.7 Å². The van der Waals surface area contributed by atoms with Gasteiger partial charge in [-0.3, -0.25) is 4.79 Å². The first-order chi connectivity index (χ1) is 11.0. The van der Waals surface area contributed by atoms with Gasteiger partial charge in [-0.15, -0.1) is 0 Å². The maximum Gasteiger partial charge on any atom is 0.226 e. The highest BCUT2D eigenvalue weighted by molar-refractivity contribution is 5.79. The lowest BCUT2D eigenvalue weighted by molar-refractivity contribution is -0.137. The average molecular weight is 321 g/mol. The van der Waals surface area contributed by atoms with Crippen molar-refractivity contribution < 1.29 is 9.18 Å². The second kappa shape index (κ2) is 8.41. The standard InChI is InChI=1S/C18H28FN3O/c1-21(2)10-11-22(13-14-6-8-16(19)9-7-14)18(23)15-4-3-5-17(20)12-15/h6-9,15,17H,3-5,10-13,20H2,1-2H3/t15-,17-/m1/s1. The Bertz CT molecular complexity index is 503. The maximum atomic E-state index is 13.1. The van der Waals surface area contributed by atoms with E-state index in [4.69, 9.17) is 5.73 Å². The maximum absolute atomic E-state index is 13.1. The fraction of sp³-hybridized carbons (Fsp3) is 0.611. The minimum absolute atomic E-state index is 0.0290. The molecule has 23 heavy (non-hydrogen) atoms. The number of likely N-dealkylation sites (N-methyl/N-ethyl adjacent to an activating group) is 1. The van der Waals surface area contributed by atoms with Crippen molar-refractivity contribution in [3.05, 3.63) is 35.6 Å². The Balaban J connectivity index is 2.05. The summed E-state index contributed by atoms with van der Waals surface area (Å²) in [6.07, 6.45) is 3.74. The first-order valence-electron chi connectivity index (χ1n) is 8.39. The Morgan fingerprint density at radius 2 is 1.91 bits per heavy atom. The zero-order valence-corrected chi connectivity index (χ0v) is 14.2. The number of benzene rings is 1. The third-order valence-corrected chi connectivity index (χ3v) is 4.48.